The molecule has 0 rings (SSSR count). The second kappa shape index (κ2) is 11.4. The van der Waals surface area contributed by atoms with Crippen molar-refractivity contribution in [3.05, 3.63) is 0 Å². The zero-order valence-corrected chi connectivity index (χ0v) is 15.3. The minimum Gasteiger partial charge on any atom is -0.394 e. The minimum atomic E-state index is -0.132. The predicted octanol–water partition coefficient (Wildman–Crippen LogP) is 2.18. The highest BCUT2D eigenvalue weighted by molar-refractivity contribution is 4.83. The van der Waals surface area contributed by atoms with Crippen LogP contribution in [0.4, 0.5) is 0 Å². The summed E-state index contributed by atoms with van der Waals surface area (Å²) < 4.78 is 0. The highest BCUT2D eigenvalue weighted by Gasteiger charge is 2.23. The lowest BCUT2D eigenvalue weighted by molar-refractivity contribution is 0.151. The molecule has 0 amide bonds. The molecule has 0 saturated carbocycles. The van der Waals surface area contributed by atoms with E-state index in [9.17, 15) is 5.11 Å². The van der Waals surface area contributed by atoms with Crippen molar-refractivity contribution in [1.82, 2.24) is 15.1 Å². The van der Waals surface area contributed by atoms with Gasteiger partial charge in [-0.15, -0.1) is 0 Å². The van der Waals surface area contributed by atoms with Crippen molar-refractivity contribution < 1.29 is 5.11 Å². The van der Waals surface area contributed by atoms with Crippen LogP contribution >= 0.6 is 0 Å². The van der Waals surface area contributed by atoms with Gasteiger partial charge in [-0.1, -0.05) is 27.2 Å². The topological polar surface area (TPSA) is 38.7 Å². The van der Waals surface area contributed by atoms with Crippen LogP contribution < -0.4 is 5.32 Å². The second-order valence-corrected chi connectivity index (χ2v) is 7.12. The summed E-state index contributed by atoms with van der Waals surface area (Å²) in [5.41, 5.74) is -0.132. The number of hydrogen-bond acceptors (Lipinski definition) is 4. The van der Waals surface area contributed by atoms with Gasteiger partial charge in [0.25, 0.3) is 0 Å². The molecule has 0 aromatic heterocycles. The number of aliphatic hydroxyl groups excluding tert-OH is 1. The molecule has 0 saturated heterocycles. The summed E-state index contributed by atoms with van der Waals surface area (Å²) in [5.74, 6) is 0. The number of rotatable bonds is 13. The van der Waals surface area contributed by atoms with Crippen LogP contribution in [-0.2, 0) is 0 Å². The van der Waals surface area contributed by atoms with E-state index in [2.05, 4.69) is 56.9 Å². The van der Waals surface area contributed by atoms with Crippen molar-refractivity contribution in [2.24, 2.45) is 0 Å². The third-order valence-electron chi connectivity index (χ3n) is 3.84. The van der Waals surface area contributed by atoms with Gasteiger partial charge in [-0.2, -0.15) is 0 Å². The Bertz CT molecular complexity index is 246. The van der Waals surface area contributed by atoms with Crippen LogP contribution in [-0.4, -0.2) is 73.4 Å². The minimum absolute atomic E-state index is 0.132. The smallest absolute Gasteiger partial charge is 0.0610 e. The molecular formula is C17H39N3O. The Hall–Kier alpha value is -0.160. The Morgan fingerprint density at radius 2 is 1.71 bits per heavy atom. The standard InChI is InChI=1S/C17H39N3O/c1-7-11-20(14-13-19(5)6)12-9-8-10-17(4,15-21)18-16(2)3/h16,18,21H,7-15H2,1-6H3. The molecule has 4 nitrogen and oxygen atoms in total. The van der Waals surface area contributed by atoms with Crippen LogP contribution in [0.2, 0.25) is 0 Å². The van der Waals surface area contributed by atoms with E-state index in [-0.39, 0.29) is 12.1 Å². The first-order valence-corrected chi connectivity index (χ1v) is 8.58. The van der Waals surface area contributed by atoms with E-state index in [1.54, 1.807) is 0 Å². The summed E-state index contributed by atoms with van der Waals surface area (Å²) in [4.78, 5) is 4.81. The summed E-state index contributed by atoms with van der Waals surface area (Å²) in [5, 5.41) is 13.1. The summed E-state index contributed by atoms with van der Waals surface area (Å²) in [7, 11) is 4.27. The lowest BCUT2D eigenvalue weighted by Crippen LogP contribution is -2.49. The molecule has 0 aromatic rings. The molecule has 0 aliphatic carbocycles. The molecule has 128 valence electrons. The van der Waals surface area contributed by atoms with Gasteiger partial charge in [0.1, 0.15) is 0 Å². The van der Waals surface area contributed by atoms with E-state index in [0.29, 0.717) is 6.04 Å². The molecule has 1 atom stereocenters. The van der Waals surface area contributed by atoms with E-state index >= 15 is 0 Å². The summed E-state index contributed by atoms with van der Waals surface area (Å²) in [6.45, 7) is 13.5. The van der Waals surface area contributed by atoms with Crippen molar-refractivity contribution in [3.63, 3.8) is 0 Å². The van der Waals surface area contributed by atoms with Crippen molar-refractivity contribution >= 4 is 0 Å². The van der Waals surface area contributed by atoms with Crippen LogP contribution in [0, 0.1) is 0 Å². The SMILES string of the molecule is CCCN(CCCCC(C)(CO)NC(C)C)CCN(C)C. The van der Waals surface area contributed by atoms with Crippen LogP contribution in [0.3, 0.4) is 0 Å². The van der Waals surface area contributed by atoms with E-state index in [4.69, 9.17) is 0 Å². The molecule has 0 aliphatic heterocycles. The van der Waals surface area contributed by atoms with E-state index in [1.807, 2.05) is 0 Å². The van der Waals surface area contributed by atoms with Crippen LogP contribution in [0.5, 0.6) is 0 Å². The van der Waals surface area contributed by atoms with Crippen molar-refractivity contribution in [1.29, 1.82) is 0 Å². The van der Waals surface area contributed by atoms with Gasteiger partial charge in [-0.3, -0.25) is 0 Å². The van der Waals surface area contributed by atoms with Gasteiger partial charge < -0.3 is 20.2 Å². The molecule has 0 spiro atoms. The van der Waals surface area contributed by atoms with Gasteiger partial charge in [0.15, 0.2) is 0 Å². The molecule has 21 heavy (non-hydrogen) atoms. The van der Waals surface area contributed by atoms with E-state index < -0.39 is 0 Å². The fourth-order valence-corrected chi connectivity index (χ4v) is 2.74. The normalized spacial score (nSPS) is 15.1. The maximum atomic E-state index is 9.59. The molecule has 0 bridgehead atoms. The Morgan fingerprint density at radius 3 is 2.19 bits per heavy atom. The van der Waals surface area contributed by atoms with Gasteiger partial charge in [-0.05, 0) is 53.4 Å². The van der Waals surface area contributed by atoms with Gasteiger partial charge >= 0.3 is 0 Å². The first-order valence-electron chi connectivity index (χ1n) is 8.58. The molecule has 1 unspecified atom stereocenters. The number of hydrogen-bond donors (Lipinski definition) is 2. The number of aliphatic hydroxyl groups is 1. The number of nitrogens with zero attached hydrogens (tertiary/aromatic N) is 2. The largest absolute Gasteiger partial charge is 0.394 e. The first kappa shape index (κ1) is 20.8. The number of unbranched alkanes of at least 4 members (excludes halogenated alkanes) is 1. The third-order valence-corrected chi connectivity index (χ3v) is 3.84. The zero-order chi connectivity index (χ0) is 16.3. The monoisotopic (exact) mass is 301 g/mol. The zero-order valence-electron chi connectivity index (χ0n) is 15.3. The third kappa shape index (κ3) is 11.1. The fourth-order valence-electron chi connectivity index (χ4n) is 2.74. The Kier molecular flexibility index (Phi) is 11.3. The van der Waals surface area contributed by atoms with E-state index in [0.717, 1.165) is 19.5 Å². The van der Waals surface area contributed by atoms with Crippen LogP contribution in [0.1, 0.15) is 53.4 Å². The van der Waals surface area contributed by atoms with Crippen molar-refractivity contribution in [3.8, 4) is 0 Å². The first-order chi connectivity index (χ1) is 9.83. The molecule has 0 aliphatic rings. The summed E-state index contributed by atoms with van der Waals surface area (Å²) in [6, 6.07) is 0.416. The maximum absolute atomic E-state index is 9.59. The summed E-state index contributed by atoms with van der Waals surface area (Å²) >= 11 is 0. The molecule has 0 radical (unpaired) electrons. The van der Waals surface area contributed by atoms with Crippen molar-refractivity contribution in [2.75, 3.05) is 46.9 Å². The van der Waals surface area contributed by atoms with Gasteiger partial charge in [0.2, 0.25) is 0 Å². The predicted molar refractivity (Wildman–Crippen MR) is 92.9 cm³/mol. The Labute approximate surface area is 132 Å². The Morgan fingerprint density at radius 1 is 1.05 bits per heavy atom. The van der Waals surface area contributed by atoms with Gasteiger partial charge in [-0.25, -0.2) is 0 Å². The van der Waals surface area contributed by atoms with E-state index in [1.165, 1.54) is 32.4 Å². The molecule has 0 heterocycles. The van der Waals surface area contributed by atoms with Gasteiger partial charge in [0.05, 0.1) is 6.61 Å². The lowest BCUT2D eigenvalue weighted by atomic mass is 9.94. The Balaban J connectivity index is 4.01. The lowest BCUT2D eigenvalue weighted by Gasteiger charge is -2.31. The maximum Gasteiger partial charge on any atom is 0.0610 e. The number of likely N-dealkylation sites (N-methyl/N-ethyl adjacent to an activating group) is 1. The molecule has 2 N–H and O–H groups in total. The van der Waals surface area contributed by atoms with Crippen LogP contribution in [0.25, 0.3) is 0 Å². The molecule has 0 fully saturated rings. The van der Waals surface area contributed by atoms with Gasteiger partial charge in [0, 0.05) is 24.7 Å². The quantitative estimate of drug-likeness (QED) is 0.512. The molecule has 4 heteroatoms. The highest BCUT2D eigenvalue weighted by atomic mass is 16.3. The molecule has 0 aromatic carbocycles. The number of nitrogens with one attached hydrogen (secondary N) is 1. The summed E-state index contributed by atoms with van der Waals surface area (Å²) in [6.07, 6.45) is 4.63. The fraction of sp³-hybridized carbons (Fsp3) is 1.00. The average Bonchev–Trinajstić information content (AvgIpc) is 2.39. The average molecular weight is 302 g/mol. The highest BCUT2D eigenvalue weighted by Crippen LogP contribution is 2.14. The molecular weight excluding hydrogens is 262 g/mol. The van der Waals surface area contributed by atoms with Crippen LogP contribution in [0.15, 0.2) is 0 Å². The van der Waals surface area contributed by atoms with Crippen molar-refractivity contribution in [2.45, 2.75) is 65.0 Å². The second-order valence-electron chi connectivity index (χ2n) is 7.12.